The average molecular weight is 285 g/mol. The Morgan fingerprint density at radius 3 is 2.86 bits per heavy atom. The van der Waals surface area contributed by atoms with Crippen LogP contribution < -0.4 is 0 Å². The monoisotopic (exact) mass is 285 g/mol. The molecule has 1 aliphatic rings. The van der Waals surface area contributed by atoms with Gasteiger partial charge < -0.3 is 9.88 Å². The van der Waals surface area contributed by atoms with Gasteiger partial charge in [0, 0.05) is 25.9 Å². The Balaban J connectivity index is 1.48. The van der Waals surface area contributed by atoms with Gasteiger partial charge in [-0.1, -0.05) is 19.1 Å². The topological polar surface area (TPSA) is 49.0 Å². The number of H-pyrrole nitrogens is 1. The molecule has 0 unspecified atom stereocenters. The zero-order chi connectivity index (χ0) is 14.7. The van der Waals surface area contributed by atoms with Gasteiger partial charge in [0.05, 0.1) is 11.0 Å². The number of amides is 1. The number of aromatic nitrogens is 2. The summed E-state index contributed by atoms with van der Waals surface area (Å²) in [5, 5.41) is 0. The van der Waals surface area contributed by atoms with E-state index in [0.717, 1.165) is 61.5 Å². The second-order valence-corrected chi connectivity index (χ2v) is 6.12. The molecule has 3 rings (SSSR count). The van der Waals surface area contributed by atoms with E-state index in [0.29, 0.717) is 12.3 Å². The normalized spacial score (nSPS) is 16.5. The maximum atomic E-state index is 12.2. The molecular formula is C17H23N3O. The maximum absolute atomic E-state index is 12.2. The van der Waals surface area contributed by atoms with Gasteiger partial charge in [0.1, 0.15) is 5.82 Å². The molecule has 0 bridgehead atoms. The van der Waals surface area contributed by atoms with Crippen LogP contribution in [-0.2, 0) is 11.2 Å². The molecule has 2 aromatic rings. The number of fused-ring (bicyclic) bond motifs is 1. The van der Waals surface area contributed by atoms with Crippen molar-refractivity contribution in [3.63, 3.8) is 0 Å². The average Bonchev–Trinajstić information content (AvgIpc) is 2.90. The fourth-order valence-electron chi connectivity index (χ4n) is 2.95. The molecule has 21 heavy (non-hydrogen) atoms. The van der Waals surface area contributed by atoms with Crippen molar-refractivity contribution in [2.45, 2.75) is 39.0 Å². The standard InChI is InChI=1S/C17H23N3O/c1-13-9-11-20(12-10-13)17(21)8-4-7-16-18-14-5-2-3-6-15(14)19-16/h2-3,5-6,13H,4,7-12H2,1H3,(H,18,19). The van der Waals surface area contributed by atoms with Crippen LogP contribution in [0.25, 0.3) is 11.0 Å². The van der Waals surface area contributed by atoms with Crippen LogP contribution in [0.3, 0.4) is 0 Å². The highest BCUT2D eigenvalue weighted by Gasteiger charge is 2.19. The second-order valence-electron chi connectivity index (χ2n) is 6.12. The molecular weight excluding hydrogens is 262 g/mol. The molecule has 0 aliphatic carbocycles. The van der Waals surface area contributed by atoms with Gasteiger partial charge in [-0.25, -0.2) is 4.98 Å². The maximum Gasteiger partial charge on any atom is 0.222 e. The van der Waals surface area contributed by atoms with Crippen molar-refractivity contribution in [3.05, 3.63) is 30.1 Å². The number of carbonyl (C=O) groups is 1. The number of nitrogens with one attached hydrogen (secondary N) is 1. The van der Waals surface area contributed by atoms with Crippen LogP contribution in [0.1, 0.15) is 38.4 Å². The van der Waals surface area contributed by atoms with Gasteiger partial charge in [-0.2, -0.15) is 0 Å². The van der Waals surface area contributed by atoms with Crippen LogP contribution in [0.2, 0.25) is 0 Å². The Labute approximate surface area is 125 Å². The van der Waals surface area contributed by atoms with E-state index in [4.69, 9.17) is 0 Å². The van der Waals surface area contributed by atoms with E-state index in [1.54, 1.807) is 0 Å². The Morgan fingerprint density at radius 2 is 2.10 bits per heavy atom. The zero-order valence-electron chi connectivity index (χ0n) is 12.6. The molecule has 0 saturated carbocycles. The van der Waals surface area contributed by atoms with Gasteiger partial charge in [0.25, 0.3) is 0 Å². The Bertz CT molecular complexity index is 578. The number of carbonyl (C=O) groups excluding carboxylic acids is 1. The van der Waals surface area contributed by atoms with E-state index >= 15 is 0 Å². The fraction of sp³-hybridized carbons (Fsp3) is 0.529. The number of aryl methyl sites for hydroxylation is 1. The number of aromatic amines is 1. The summed E-state index contributed by atoms with van der Waals surface area (Å²) in [5.41, 5.74) is 2.08. The van der Waals surface area contributed by atoms with Gasteiger partial charge in [-0.3, -0.25) is 4.79 Å². The largest absolute Gasteiger partial charge is 0.343 e. The highest BCUT2D eigenvalue weighted by atomic mass is 16.2. The van der Waals surface area contributed by atoms with E-state index in [1.165, 1.54) is 0 Å². The number of hydrogen-bond acceptors (Lipinski definition) is 2. The molecule has 1 aromatic heterocycles. The number of imidazole rings is 1. The van der Waals surface area contributed by atoms with Crippen LogP contribution in [0.15, 0.2) is 24.3 Å². The fourth-order valence-corrected chi connectivity index (χ4v) is 2.95. The first-order valence-corrected chi connectivity index (χ1v) is 7.94. The number of rotatable bonds is 4. The minimum Gasteiger partial charge on any atom is -0.343 e. The third kappa shape index (κ3) is 3.43. The summed E-state index contributed by atoms with van der Waals surface area (Å²) >= 11 is 0. The van der Waals surface area contributed by atoms with E-state index in [1.807, 2.05) is 29.2 Å². The molecule has 4 nitrogen and oxygen atoms in total. The van der Waals surface area contributed by atoms with Crippen LogP contribution in [-0.4, -0.2) is 33.9 Å². The van der Waals surface area contributed by atoms with Gasteiger partial charge in [-0.15, -0.1) is 0 Å². The van der Waals surface area contributed by atoms with Gasteiger partial charge >= 0.3 is 0 Å². The molecule has 1 aromatic carbocycles. The Kier molecular flexibility index (Phi) is 4.23. The quantitative estimate of drug-likeness (QED) is 0.938. The number of piperidine rings is 1. The smallest absolute Gasteiger partial charge is 0.222 e. The third-order valence-corrected chi connectivity index (χ3v) is 4.38. The number of likely N-dealkylation sites (tertiary alicyclic amines) is 1. The lowest BCUT2D eigenvalue weighted by Crippen LogP contribution is -2.37. The Morgan fingerprint density at radius 1 is 1.33 bits per heavy atom. The minimum absolute atomic E-state index is 0.304. The first-order chi connectivity index (χ1) is 10.2. The van der Waals surface area contributed by atoms with E-state index in [-0.39, 0.29) is 0 Å². The summed E-state index contributed by atoms with van der Waals surface area (Å²) in [5.74, 6) is 2.05. The first kappa shape index (κ1) is 14.1. The van der Waals surface area contributed by atoms with Gasteiger partial charge in [-0.05, 0) is 37.3 Å². The molecule has 1 amide bonds. The number of para-hydroxylation sites is 2. The summed E-state index contributed by atoms with van der Waals surface area (Å²) in [6.07, 6.45) is 4.63. The van der Waals surface area contributed by atoms with Crippen molar-refractivity contribution in [2.24, 2.45) is 5.92 Å². The minimum atomic E-state index is 0.304. The lowest BCUT2D eigenvalue weighted by Gasteiger charge is -2.30. The molecule has 112 valence electrons. The Hall–Kier alpha value is -1.84. The summed E-state index contributed by atoms with van der Waals surface area (Å²) in [7, 11) is 0. The molecule has 1 aliphatic heterocycles. The van der Waals surface area contributed by atoms with Crippen molar-refractivity contribution < 1.29 is 4.79 Å². The third-order valence-electron chi connectivity index (χ3n) is 4.38. The summed E-state index contributed by atoms with van der Waals surface area (Å²) in [6.45, 7) is 4.14. The lowest BCUT2D eigenvalue weighted by molar-refractivity contribution is -0.132. The van der Waals surface area contributed by atoms with E-state index < -0.39 is 0 Å². The van der Waals surface area contributed by atoms with Crippen molar-refractivity contribution in [3.8, 4) is 0 Å². The zero-order valence-corrected chi connectivity index (χ0v) is 12.6. The molecule has 0 spiro atoms. The highest BCUT2D eigenvalue weighted by molar-refractivity contribution is 5.76. The summed E-state index contributed by atoms with van der Waals surface area (Å²) in [4.78, 5) is 22.1. The van der Waals surface area contributed by atoms with Gasteiger partial charge in [0.15, 0.2) is 0 Å². The number of hydrogen-bond donors (Lipinski definition) is 1. The predicted octanol–water partition coefficient (Wildman–Crippen LogP) is 3.14. The van der Waals surface area contributed by atoms with Crippen molar-refractivity contribution in [2.75, 3.05) is 13.1 Å². The lowest BCUT2D eigenvalue weighted by atomic mass is 9.99. The summed E-state index contributed by atoms with van der Waals surface area (Å²) in [6, 6.07) is 8.04. The molecule has 1 fully saturated rings. The molecule has 1 N–H and O–H groups in total. The summed E-state index contributed by atoms with van der Waals surface area (Å²) < 4.78 is 0. The van der Waals surface area contributed by atoms with Crippen molar-refractivity contribution >= 4 is 16.9 Å². The molecule has 1 saturated heterocycles. The van der Waals surface area contributed by atoms with Crippen LogP contribution in [0.5, 0.6) is 0 Å². The molecule has 0 radical (unpaired) electrons. The SMILES string of the molecule is CC1CCN(C(=O)CCCc2nc3ccccc3[nH]2)CC1. The van der Waals surface area contributed by atoms with Crippen LogP contribution in [0.4, 0.5) is 0 Å². The first-order valence-electron chi connectivity index (χ1n) is 7.94. The molecule has 0 atom stereocenters. The predicted molar refractivity (Wildman–Crippen MR) is 84.0 cm³/mol. The van der Waals surface area contributed by atoms with Gasteiger partial charge in [0.2, 0.25) is 5.91 Å². The molecule has 4 heteroatoms. The number of benzene rings is 1. The van der Waals surface area contributed by atoms with Crippen molar-refractivity contribution in [1.29, 1.82) is 0 Å². The van der Waals surface area contributed by atoms with Crippen molar-refractivity contribution in [1.82, 2.24) is 14.9 Å². The van der Waals surface area contributed by atoms with Crippen LogP contribution in [0, 0.1) is 5.92 Å². The number of nitrogens with zero attached hydrogens (tertiary/aromatic N) is 2. The van der Waals surface area contributed by atoms with E-state index in [9.17, 15) is 4.79 Å². The van der Waals surface area contributed by atoms with E-state index in [2.05, 4.69) is 16.9 Å². The second kappa shape index (κ2) is 6.29. The highest BCUT2D eigenvalue weighted by Crippen LogP contribution is 2.17. The van der Waals surface area contributed by atoms with Crippen LogP contribution >= 0.6 is 0 Å². The molecule has 2 heterocycles.